The third kappa shape index (κ3) is 3.51. The molecule has 0 unspecified atom stereocenters. The molecule has 4 heteroatoms. The highest BCUT2D eigenvalue weighted by atomic mass is 32.1. The average Bonchev–Trinajstić information content (AvgIpc) is 2.38. The summed E-state index contributed by atoms with van der Waals surface area (Å²) in [5.41, 5.74) is 8.14. The van der Waals surface area contributed by atoms with Crippen LogP contribution in [0.5, 0.6) is 5.75 Å². The lowest BCUT2D eigenvalue weighted by molar-refractivity contribution is 0.303. The molecule has 0 bridgehead atoms. The molecule has 2 aromatic carbocycles. The molecule has 2 rings (SSSR count). The van der Waals surface area contributed by atoms with Crippen molar-refractivity contribution < 1.29 is 9.13 Å². The van der Waals surface area contributed by atoms with E-state index in [9.17, 15) is 4.39 Å². The van der Waals surface area contributed by atoms with E-state index in [1.807, 2.05) is 31.2 Å². The summed E-state index contributed by atoms with van der Waals surface area (Å²) >= 11 is 4.89. The molecule has 0 aliphatic heterocycles. The first kappa shape index (κ1) is 13.5. The summed E-state index contributed by atoms with van der Waals surface area (Å²) in [5, 5.41) is 0. The van der Waals surface area contributed by atoms with Gasteiger partial charge in [0.25, 0.3) is 0 Å². The molecule has 0 spiro atoms. The molecule has 0 saturated heterocycles. The summed E-state index contributed by atoms with van der Waals surface area (Å²) in [6.45, 7) is 2.23. The van der Waals surface area contributed by atoms with Crippen molar-refractivity contribution in [1.82, 2.24) is 0 Å². The van der Waals surface area contributed by atoms with E-state index in [0.29, 0.717) is 17.3 Å². The Morgan fingerprint density at radius 3 is 2.47 bits per heavy atom. The first-order valence-electron chi connectivity index (χ1n) is 5.84. The van der Waals surface area contributed by atoms with Crippen LogP contribution < -0.4 is 10.5 Å². The van der Waals surface area contributed by atoms with E-state index in [2.05, 4.69) is 0 Å². The van der Waals surface area contributed by atoms with Gasteiger partial charge in [-0.3, -0.25) is 0 Å². The quantitative estimate of drug-likeness (QED) is 0.869. The smallest absolute Gasteiger partial charge is 0.123 e. The summed E-state index contributed by atoms with van der Waals surface area (Å²) < 4.78 is 18.6. The van der Waals surface area contributed by atoms with Crippen molar-refractivity contribution >= 4 is 17.2 Å². The molecule has 0 fully saturated rings. The highest BCUT2D eigenvalue weighted by molar-refractivity contribution is 7.80. The molecule has 0 radical (unpaired) electrons. The fraction of sp³-hybridized carbons (Fsp3) is 0.133. The molecular weight excluding hydrogens is 261 g/mol. The molecule has 2 nitrogen and oxygen atoms in total. The van der Waals surface area contributed by atoms with Crippen LogP contribution in [0.25, 0.3) is 0 Å². The van der Waals surface area contributed by atoms with Gasteiger partial charge < -0.3 is 10.5 Å². The molecule has 2 aromatic rings. The van der Waals surface area contributed by atoms with Crippen LogP contribution in [0.15, 0.2) is 42.5 Å². The maximum absolute atomic E-state index is 13.0. The van der Waals surface area contributed by atoms with E-state index >= 15 is 0 Å². The number of hydrogen-bond acceptors (Lipinski definition) is 2. The third-order valence-electron chi connectivity index (χ3n) is 2.77. The number of rotatable bonds is 4. The van der Waals surface area contributed by atoms with Gasteiger partial charge >= 0.3 is 0 Å². The van der Waals surface area contributed by atoms with E-state index in [0.717, 1.165) is 16.7 Å². The van der Waals surface area contributed by atoms with Crippen LogP contribution in [0.4, 0.5) is 4.39 Å². The molecule has 0 aromatic heterocycles. The number of hydrogen-bond donors (Lipinski definition) is 1. The Kier molecular flexibility index (Phi) is 4.12. The fourth-order valence-electron chi connectivity index (χ4n) is 1.70. The SMILES string of the molecule is Cc1cc(F)ccc1OCc1ccc(C(N)=S)cc1. The first-order chi connectivity index (χ1) is 9.06. The second-order valence-electron chi connectivity index (χ2n) is 4.26. The monoisotopic (exact) mass is 275 g/mol. The molecule has 0 heterocycles. The van der Waals surface area contributed by atoms with Crippen LogP contribution in [0.3, 0.4) is 0 Å². The van der Waals surface area contributed by atoms with Gasteiger partial charge in [0.2, 0.25) is 0 Å². The van der Waals surface area contributed by atoms with Gasteiger partial charge in [-0.2, -0.15) is 0 Å². The average molecular weight is 275 g/mol. The molecule has 19 heavy (non-hydrogen) atoms. The lowest BCUT2D eigenvalue weighted by Crippen LogP contribution is -2.09. The van der Waals surface area contributed by atoms with Gasteiger partial charge in [0.15, 0.2) is 0 Å². The van der Waals surface area contributed by atoms with Crippen LogP contribution in [-0.4, -0.2) is 4.99 Å². The molecule has 0 aliphatic carbocycles. The molecule has 0 atom stereocenters. The van der Waals surface area contributed by atoms with Crippen LogP contribution in [0, 0.1) is 12.7 Å². The summed E-state index contributed by atoms with van der Waals surface area (Å²) in [6.07, 6.45) is 0. The van der Waals surface area contributed by atoms with Gasteiger partial charge in [-0.1, -0.05) is 36.5 Å². The predicted molar refractivity (Wildman–Crippen MR) is 77.8 cm³/mol. The number of benzene rings is 2. The van der Waals surface area contributed by atoms with Crippen molar-refractivity contribution in [3.05, 3.63) is 65.0 Å². The van der Waals surface area contributed by atoms with Gasteiger partial charge in [-0.15, -0.1) is 0 Å². The number of halogens is 1. The first-order valence-corrected chi connectivity index (χ1v) is 6.25. The van der Waals surface area contributed by atoms with Crippen LogP contribution in [-0.2, 0) is 6.61 Å². The summed E-state index contributed by atoms with van der Waals surface area (Å²) in [7, 11) is 0. The topological polar surface area (TPSA) is 35.2 Å². The van der Waals surface area contributed by atoms with Gasteiger partial charge in [0.1, 0.15) is 23.2 Å². The third-order valence-corrected chi connectivity index (χ3v) is 3.01. The minimum atomic E-state index is -0.259. The Balaban J connectivity index is 2.04. The Labute approximate surface area is 117 Å². The maximum atomic E-state index is 13.0. The Hall–Kier alpha value is -1.94. The Morgan fingerprint density at radius 2 is 1.89 bits per heavy atom. The van der Waals surface area contributed by atoms with Crippen molar-refractivity contribution in [3.63, 3.8) is 0 Å². The molecule has 0 saturated carbocycles. The fourth-order valence-corrected chi connectivity index (χ4v) is 1.84. The van der Waals surface area contributed by atoms with Gasteiger partial charge in [0, 0.05) is 5.56 Å². The second kappa shape index (κ2) is 5.80. The summed E-state index contributed by atoms with van der Waals surface area (Å²) in [4.78, 5) is 0.377. The minimum Gasteiger partial charge on any atom is -0.489 e. The zero-order valence-electron chi connectivity index (χ0n) is 10.5. The normalized spacial score (nSPS) is 10.2. The van der Waals surface area contributed by atoms with Crippen molar-refractivity contribution in [2.45, 2.75) is 13.5 Å². The Bertz CT molecular complexity index is 596. The van der Waals surface area contributed by atoms with Crippen molar-refractivity contribution in [1.29, 1.82) is 0 Å². The standard InChI is InChI=1S/C15H14FNOS/c1-10-8-13(16)6-7-14(10)18-9-11-2-4-12(5-3-11)15(17)19/h2-8H,9H2,1H3,(H2,17,19). The van der Waals surface area contributed by atoms with E-state index in [1.165, 1.54) is 12.1 Å². The van der Waals surface area contributed by atoms with E-state index in [1.54, 1.807) is 6.07 Å². The van der Waals surface area contributed by atoms with Crippen LogP contribution in [0.1, 0.15) is 16.7 Å². The van der Waals surface area contributed by atoms with Gasteiger partial charge in [0.05, 0.1) is 0 Å². The van der Waals surface area contributed by atoms with Gasteiger partial charge in [-0.05, 0) is 36.2 Å². The van der Waals surface area contributed by atoms with Crippen LogP contribution >= 0.6 is 12.2 Å². The molecule has 2 N–H and O–H groups in total. The summed E-state index contributed by atoms with van der Waals surface area (Å²) in [6, 6.07) is 12.0. The number of nitrogens with two attached hydrogens (primary N) is 1. The zero-order valence-corrected chi connectivity index (χ0v) is 11.3. The van der Waals surface area contributed by atoms with Crippen molar-refractivity contribution in [2.24, 2.45) is 5.73 Å². The Morgan fingerprint density at radius 1 is 1.21 bits per heavy atom. The lowest BCUT2D eigenvalue weighted by atomic mass is 10.1. The predicted octanol–water partition coefficient (Wildman–Crippen LogP) is 3.35. The van der Waals surface area contributed by atoms with Gasteiger partial charge in [-0.25, -0.2) is 4.39 Å². The summed E-state index contributed by atoms with van der Waals surface area (Å²) in [5.74, 6) is 0.422. The minimum absolute atomic E-state index is 0.259. The molecule has 98 valence electrons. The number of ether oxygens (including phenoxy) is 1. The lowest BCUT2D eigenvalue weighted by Gasteiger charge is -2.09. The highest BCUT2D eigenvalue weighted by Gasteiger charge is 2.02. The largest absolute Gasteiger partial charge is 0.489 e. The van der Waals surface area contributed by atoms with Crippen LogP contribution in [0.2, 0.25) is 0 Å². The number of aryl methyl sites for hydroxylation is 1. The van der Waals surface area contributed by atoms with Crippen molar-refractivity contribution in [3.8, 4) is 5.75 Å². The maximum Gasteiger partial charge on any atom is 0.123 e. The highest BCUT2D eigenvalue weighted by Crippen LogP contribution is 2.19. The molecule has 0 amide bonds. The van der Waals surface area contributed by atoms with Crippen molar-refractivity contribution in [2.75, 3.05) is 0 Å². The van der Waals surface area contributed by atoms with E-state index < -0.39 is 0 Å². The van der Waals surface area contributed by atoms with E-state index in [-0.39, 0.29) is 5.82 Å². The second-order valence-corrected chi connectivity index (χ2v) is 4.70. The zero-order chi connectivity index (χ0) is 13.8. The number of thiocarbonyl (C=S) groups is 1. The van der Waals surface area contributed by atoms with E-state index in [4.69, 9.17) is 22.7 Å². The molecule has 0 aliphatic rings. The molecular formula is C15H14FNOS.